The van der Waals surface area contributed by atoms with E-state index in [0.717, 1.165) is 5.56 Å². The zero-order valence-corrected chi connectivity index (χ0v) is 18.4. The van der Waals surface area contributed by atoms with Crippen LogP contribution < -0.4 is 16.1 Å². The Morgan fingerprint density at radius 2 is 1.38 bits per heavy atom. The second-order valence-electron chi connectivity index (χ2n) is 7.66. The molecule has 0 fully saturated rings. The van der Waals surface area contributed by atoms with Crippen molar-refractivity contribution in [3.63, 3.8) is 0 Å². The van der Waals surface area contributed by atoms with E-state index in [-0.39, 0.29) is 30.0 Å². The number of nitrogens with one attached hydrogen (secondary N) is 3. The molecular weight excluding hydrogens is 438 g/mol. The average Bonchev–Trinajstić information content (AvgIpc) is 2.83. The lowest BCUT2D eigenvalue weighted by Crippen LogP contribution is -2.27. The summed E-state index contributed by atoms with van der Waals surface area (Å²) in [5.74, 6) is -1.46. The maximum atomic E-state index is 12.7. The van der Waals surface area contributed by atoms with Gasteiger partial charge in [-0.25, -0.2) is 5.48 Å². The molecule has 0 atom stereocenters. The van der Waals surface area contributed by atoms with E-state index in [1.54, 1.807) is 41.9 Å². The van der Waals surface area contributed by atoms with E-state index in [9.17, 15) is 14.4 Å². The molecule has 176 valence electrons. The molecule has 3 aromatic rings. The molecule has 0 aliphatic carbocycles. The van der Waals surface area contributed by atoms with Gasteiger partial charge in [-0.3, -0.25) is 19.6 Å². The predicted octanol–water partition coefficient (Wildman–Crippen LogP) is 2.46. The molecule has 0 saturated heterocycles. The first-order valence-electron chi connectivity index (χ1n) is 10.5. The molecule has 0 bridgehead atoms. The summed E-state index contributed by atoms with van der Waals surface area (Å²) in [6, 6.07) is 18.2. The Morgan fingerprint density at radius 1 is 0.765 bits per heavy atom. The molecule has 9 heteroatoms. The minimum Gasteiger partial charge on any atom is -0.368 e. The SMILES string of the molecule is Cc1ccc(C(=O)Nc2cc(C(=O)NCCC(O)O)cc(-c3ccc(C(=O)NO)cc3)c2)cc1. The Morgan fingerprint density at radius 3 is 2.00 bits per heavy atom. The number of rotatable bonds is 8. The van der Waals surface area contributed by atoms with E-state index >= 15 is 0 Å². The van der Waals surface area contributed by atoms with Crippen molar-refractivity contribution in [1.29, 1.82) is 0 Å². The Kier molecular flexibility index (Phi) is 8.10. The Balaban J connectivity index is 1.92. The lowest BCUT2D eigenvalue weighted by atomic mass is 10.00. The van der Waals surface area contributed by atoms with Crippen LogP contribution in [-0.4, -0.2) is 46.0 Å². The molecule has 0 spiro atoms. The van der Waals surface area contributed by atoms with E-state index in [0.29, 0.717) is 22.4 Å². The number of carbonyl (C=O) groups is 3. The van der Waals surface area contributed by atoms with Crippen LogP contribution in [0.25, 0.3) is 11.1 Å². The summed E-state index contributed by atoms with van der Waals surface area (Å²) in [5.41, 5.74) is 5.19. The molecule has 6 N–H and O–H groups in total. The smallest absolute Gasteiger partial charge is 0.274 e. The number of benzene rings is 3. The molecule has 3 aromatic carbocycles. The summed E-state index contributed by atoms with van der Waals surface area (Å²) < 4.78 is 0. The summed E-state index contributed by atoms with van der Waals surface area (Å²) in [6.45, 7) is 1.97. The number of anilines is 1. The van der Waals surface area contributed by atoms with E-state index < -0.39 is 18.1 Å². The Labute approximate surface area is 196 Å². The first-order chi connectivity index (χ1) is 16.3. The number of hydrogen-bond acceptors (Lipinski definition) is 6. The molecule has 0 radical (unpaired) electrons. The third-order valence-corrected chi connectivity index (χ3v) is 5.04. The van der Waals surface area contributed by atoms with Gasteiger partial charge in [0.2, 0.25) is 0 Å². The van der Waals surface area contributed by atoms with Crippen molar-refractivity contribution >= 4 is 23.4 Å². The summed E-state index contributed by atoms with van der Waals surface area (Å²) >= 11 is 0. The molecule has 34 heavy (non-hydrogen) atoms. The first-order valence-corrected chi connectivity index (χ1v) is 10.5. The van der Waals surface area contributed by atoms with Gasteiger partial charge < -0.3 is 20.8 Å². The highest BCUT2D eigenvalue weighted by atomic mass is 16.5. The van der Waals surface area contributed by atoms with Crippen LogP contribution in [0.15, 0.2) is 66.7 Å². The maximum absolute atomic E-state index is 12.7. The number of aryl methyl sites for hydroxylation is 1. The van der Waals surface area contributed by atoms with E-state index in [4.69, 9.17) is 15.4 Å². The minimum atomic E-state index is -1.54. The molecule has 0 aromatic heterocycles. The van der Waals surface area contributed by atoms with Crippen LogP contribution in [0.2, 0.25) is 0 Å². The highest BCUT2D eigenvalue weighted by molar-refractivity contribution is 6.06. The average molecular weight is 463 g/mol. The van der Waals surface area contributed by atoms with E-state index in [1.165, 1.54) is 18.2 Å². The van der Waals surface area contributed by atoms with E-state index in [2.05, 4.69) is 10.6 Å². The lowest BCUT2D eigenvalue weighted by molar-refractivity contribution is -0.0440. The zero-order valence-electron chi connectivity index (χ0n) is 18.4. The third kappa shape index (κ3) is 6.48. The Hall–Kier alpha value is -4.05. The molecule has 0 saturated carbocycles. The van der Waals surface area contributed by atoms with Crippen LogP contribution in [0.4, 0.5) is 5.69 Å². The van der Waals surface area contributed by atoms with Crippen molar-refractivity contribution in [3.8, 4) is 11.1 Å². The van der Waals surface area contributed by atoms with Gasteiger partial charge >= 0.3 is 0 Å². The zero-order chi connectivity index (χ0) is 24.7. The number of carbonyl (C=O) groups excluding carboxylic acids is 3. The molecular formula is C25H25N3O6. The quantitative estimate of drug-likeness (QED) is 0.172. The summed E-state index contributed by atoms with van der Waals surface area (Å²) in [6.07, 6.45) is -1.57. The van der Waals surface area contributed by atoms with Crippen LogP contribution in [-0.2, 0) is 0 Å². The van der Waals surface area contributed by atoms with Crippen LogP contribution in [0.3, 0.4) is 0 Å². The monoisotopic (exact) mass is 463 g/mol. The molecule has 0 aliphatic heterocycles. The van der Waals surface area contributed by atoms with Crippen LogP contribution in [0.1, 0.15) is 43.1 Å². The van der Waals surface area contributed by atoms with Gasteiger partial charge in [-0.1, -0.05) is 29.8 Å². The van der Waals surface area contributed by atoms with Crippen LogP contribution >= 0.6 is 0 Å². The highest BCUT2D eigenvalue weighted by Crippen LogP contribution is 2.26. The van der Waals surface area contributed by atoms with Crippen molar-refractivity contribution in [2.24, 2.45) is 0 Å². The Bertz CT molecular complexity index is 1170. The standard InChI is InChI=1S/C25H25N3O6/c1-15-2-4-17(5-3-15)24(32)27-21-13-19(16-6-8-18(9-7-16)25(33)28-34)12-20(14-21)23(31)26-11-10-22(29)30/h2-9,12-14,22,29-30,34H,10-11H2,1H3,(H,26,31)(H,27,32)(H,28,33). The van der Waals surface area contributed by atoms with Crippen molar-refractivity contribution < 1.29 is 29.8 Å². The second-order valence-corrected chi connectivity index (χ2v) is 7.66. The van der Waals surface area contributed by atoms with Gasteiger partial charge in [0, 0.05) is 35.3 Å². The number of aliphatic hydroxyl groups is 2. The first kappa shape index (κ1) is 24.6. The summed E-state index contributed by atoms with van der Waals surface area (Å²) in [5, 5.41) is 32.2. The molecule has 3 amide bonds. The number of hydroxylamine groups is 1. The molecule has 0 heterocycles. The summed E-state index contributed by atoms with van der Waals surface area (Å²) in [4.78, 5) is 37.0. The van der Waals surface area contributed by atoms with Crippen molar-refractivity contribution in [1.82, 2.24) is 10.8 Å². The highest BCUT2D eigenvalue weighted by Gasteiger charge is 2.14. The molecule has 0 unspecified atom stereocenters. The fourth-order valence-corrected chi connectivity index (χ4v) is 3.20. The number of aliphatic hydroxyl groups excluding tert-OH is 1. The van der Waals surface area contributed by atoms with Crippen molar-refractivity contribution in [2.75, 3.05) is 11.9 Å². The summed E-state index contributed by atoms with van der Waals surface area (Å²) in [7, 11) is 0. The van der Waals surface area contributed by atoms with Gasteiger partial charge in [0.05, 0.1) is 0 Å². The van der Waals surface area contributed by atoms with Gasteiger partial charge in [-0.05, 0) is 60.5 Å². The molecule has 3 rings (SSSR count). The molecule has 9 nitrogen and oxygen atoms in total. The molecule has 0 aliphatic rings. The van der Waals surface area contributed by atoms with Crippen LogP contribution in [0, 0.1) is 6.92 Å². The van der Waals surface area contributed by atoms with Crippen molar-refractivity contribution in [2.45, 2.75) is 19.6 Å². The van der Waals surface area contributed by atoms with Crippen molar-refractivity contribution in [3.05, 3.63) is 89.0 Å². The normalized spacial score (nSPS) is 10.6. The van der Waals surface area contributed by atoms with Gasteiger partial charge in [0.1, 0.15) is 0 Å². The number of hydrogen-bond donors (Lipinski definition) is 6. The third-order valence-electron chi connectivity index (χ3n) is 5.04. The number of amides is 3. The maximum Gasteiger partial charge on any atom is 0.274 e. The van der Waals surface area contributed by atoms with Gasteiger partial charge in [0.15, 0.2) is 6.29 Å². The fraction of sp³-hybridized carbons (Fsp3) is 0.160. The van der Waals surface area contributed by atoms with E-state index in [1.807, 2.05) is 19.1 Å². The van der Waals surface area contributed by atoms with Gasteiger partial charge in [-0.15, -0.1) is 0 Å². The lowest BCUT2D eigenvalue weighted by Gasteiger charge is -2.13. The second kappa shape index (κ2) is 11.2. The van der Waals surface area contributed by atoms with Crippen LogP contribution in [0.5, 0.6) is 0 Å². The van der Waals surface area contributed by atoms with Gasteiger partial charge in [-0.2, -0.15) is 0 Å². The van der Waals surface area contributed by atoms with Gasteiger partial charge in [0.25, 0.3) is 17.7 Å². The minimum absolute atomic E-state index is 0.0309. The fourth-order valence-electron chi connectivity index (χ4n) is 3.20. The largest absolute Gasteiger partial charge is 0.368 e. The predicted molar refractivity (Wildman–Crippen MR) is 125 cm³/mol. The topological polar surface area (TPSA) is 148 Å².